The van der Waals surface area contributed by atoms with Gasteiger partial charge >= 0.3 is 6.09 Å². The summed E-state index contributed by atoms with van der Waals surface area (Å²) in [5, 5.41) is 0. The monoisotopic (exact) mass is 282 g/mol. The molecule has 5 heteroatoms. The number of rotatable bonds is 1. The summed E-state index contributed by atoms with van der Waals surface area (Å²) in [6, 6.07) is 0. The van der Waals surface area contributed by atoms with Crippen LogP contribution in [0.3, 0.4) is 0 Å². The van der Waals surface area contributed by atoms with Gasteiger partial charge in [-0.05, 0) is 33.6 Å². The van der Waals surface area contributed by atoms with Gasteiger partial charge in [-0.1, -0.05) is 6.92 Å². The molecule has 0 aromatic carbocycles. The van der Waals surface area contributed by atoms with Gasteiger partial charge in [-0.3, -0.25) is 4.79 Å². The van der Waals surface area contributed by atoms with E-state index in [1.807, 2.05) is 32.6 Å². The average molecular weight is 282 g/mol. The van der Waals surface area contributed by atoms with Gasteiger partial charge in [0.15, 0.2) is 0 Å². The van der Waals surface area contributed by atoms with Crippen molar-refractivity contribution in [3.8, 4) is 0 Å². The molecular formula is C15H26N2O3. The third-order valence-corrected chi connectivity index (χ3v) is 4.18. The second kappa shape index (κ2) is 5.26. The Hall–Kier alpha value is -1.26. The van der Waals surface area contributed by atoms with Crippen LogP contribution in [0.25, 0.3) is 0 Å². The van der Waals surface area contributed by atoms with Crippen LogP contribution in [-0.2, 0) is 9.53 Å². The van der Waals surface area contributed by atoms with Crippen LogP contribution < -0.4 is 0 Å². The molecule has 0 aliphatic carbocycles. The zero-order valence-corrected chi connectivity index (χ0v) is 13.1. The molecule has 20 heavy (non-hydrogen) atoms. The maximum Gasteiger partial charge on any atom is 0.410 e. The fraction of sp³-hybridized carbons (Fsp3) is 0.867. The summed E-state index contributed by atoms with van der Waals surface area (Å²) in [4.78, 5) is 27.6. The number of hydrogen-bond acceptors (Lipinski definition) is 3. The van der Waals surface area contributed by atoms with E-state index in [0.29, 0.717) is 6.42 Å². The summed E-state index contributed by atoms with van der Waals surface area (Å²) in [5.41, 5.74) is -0.353. The van der Waals surface area contributed by atoms with Crippen LogP contribution in [-0.4, -0.2) is 53.6 Å². The first-order valence-corrected chi connectivity index (χ1v) is 7.50. The Morgan fingerprint density at radius 3 is 2.20 bits per heavy atom. The number of carbonyl (C=O) groups excluding carboxylic acids is 2. The standard InChI is InChI=1S/C15H26N2O3/c1-5-12(18)16-8-6-15(10-16)7-9-17(11-15)13(19)20-14(2,3)4/h5-11H2,1-4H3. The maximum atomic E-state index is 12.1. The average Bonchev–Trinajstić information content (AvgIpc) is 2.95. The highest BCUT2D eigenvalue weighted by molar-refractivity contribution is 5.76. The minimum absolute atomic E-state index is 0.0989. The van der Waals surface area contributed by atoms with Gasteiger partial charge in [0.05, 0.1) is 0 Å². The predicted molar refractivity (Wildman–Crippen MR) is 76.3 cm³/mol. The topological polar surface area (TPSA) is 49.9 Å². The first-order chi connectivity index (χ1) is 9.25. The molecule has 2 heterocycles. The number of nitrogens with zero attached hydrogens (tertiary/aromatic N) is 2. The summed E-state index contributed by atoms with van der Waals surface area (Å²) >= 11 is 0. The normalized spacial score (nSPS) is 26.4. The molecular weight excluding hydrogens is 256 g/mol. The molecule has 0 aromatic heterocycles. The van der Waals surface area contributed by atoms with Crippen molar-refractivity contribution in [1.82, 2.24) is 9.80 Å². The summed E-state index contributed by atoms with van der Waals surface area (Å²) < 4.78 is 5.43. The van der Waals surface area contributed by atoms with E-state index in [4.69, 9.17) is 4.74 Å². The molecule has 1 spiro atoms. The van der Waals surface area contributed by atoms with Gasteiger partial charge in [0, 0.05) is 38.0 Å². The van der Waals surface area contributed by atoms with Crippen LogP contribution in [0, 0.1) is 5.41 Å². The molecule has 2 amide bonds. The highest BCUT2D eigenvalue weighted by Crippen LogP contribution is 2.40. The van der Waals surface area contributed by atoms with Crippen molar-refractivity contribution in [3.63, 3.8) is 0 Å². The van der Waals surface area contributed by atoms with Crippen LogP contribution in [0.5, 0.6) is 0 Å². The Bertz CT molecular complexity index is 402. The van der Waals surface area contributed by atoms with Crippen molar-refractivity contribution in [2.24, 2.45) is 5.41 Å². The van der Waals surface area contributed by atoms with E-state index in [0.717, 1.165) is 39.0 Å². The second-order valence-corrected chi connectivity index (χ2v) is 7.07. The molecule has 0 aromatic rings. The van der Waals surface area contributed by atoms with E-state index in [1.54, 1.807) is 4.90 Å². The van der Waals surface area contributed by atoms with Crippen molar-refractivity contribution in [2.75, 3.05) is 26.2 Å². The first kappa shape index (κ1) is 15.1. The molecule has 2 fully saturated rings. The number of carbonyl (C=O) groups is 2. The molecule has 2 aliphatic heterocycles. The Kier molecular flexibility index (Phi) is 3.98. The van der Waals surface area contributed by atoms with E-state index < -0.39 is 5.60 Å². The van der Waals surface area contributed by atoms with Crippen LogP contribution in [0.4, 0.5) is 4.79 Å². The summed E-state index contributed by atoms with van der Waals surface area (Å²) in [6.45, 7) is 10.6. The van der Waals surface area contributed by atoms with Crippen molar-refractivity contribution in [3.05, 3.63) is 0 Å². The van der Waals surface area contributed by atoms with E-state index in [9.17, 15) is 9.59 Å². The molecule has 2 saturated heterocycles. The number of hydrogen-bond donors (Lipinski definition) is 0. The van der Waals surface area contributed by atoms with Crippen LogP contribution >= 0.6 is 0 Å². The zero-order chi connectivity index (χ0) is 15.0. The number of likely N-dealkylation sites (tertiary alicyclic amines) is 2. The van der Waals surface area contributed by atoms with E-state index in [2.05, 4.69) is 0 Å². The Morgan fingerprint density at radius 2 is 1.65 bits per heavy atom. The fourth-order valence-corrected chi connectivity index (χ4v) is 3.12. The molecule has 2 rings (SSSR count). The number of ether oxygens (including phenoxy) is 1. The lowest BCUT2D eigenvalue weighted by Gasteiger charge is -2.27. The van der Waals surface area contributed by atoms with E-state index in [1.165, 1.54) is 0 Å². The third-order valence-electron chi connectivity index (χ3n) is 4.18. The Morgan fingerprint density at radius 1 is 1.10 bits per heavy atom. The van der Waals surface area contributed by atoms with Gasteiger partial charge in [0.25, 0.3) is 0 Å². The summed E-state index contributed by atoms with van der Waals surface area (Å²) in [7, 11) is 0. The van der Waals surface area contributed by atoms with Crippen LogP contribution in [0.2, 0.25) is 0 Å². The lowest BCUT2D eigenvalue weighted by Crippen LogP contribution is -2.38. The molecule has 1 unspecified atom stereocenters. The molecule has 1 atom stereocenters. The summed E-state index contributed by atoms with van der Waals surface area (Å²) in [5.74, 6) is 0.220. The van der Waals surface area contributed by atoms with Gasteiger partial charge in [-0.15, -0.1) is 0 Å². The van der Waals surface area contributed by atoms with Crippen LogP contribution in [0.1, 0.15) is 47.0 Å². The molecule has 0 radical (unpaired) electrons. The highest BCUT2D eigenvalue weighted by Gasteiger charge is 2.46. The molecule has 114 valence electrons. The van der Waals surface area contributed by atoms with Gasteiger partial charge in [0.1, 0.15) is 5.60 Å². The zero-order valence-electron chi connectivity index (χ0n) is 13.1. The minimum Gasteiger partial charge on any atom is -0.444 e. The van der Waals surface area contributed by atoms with Crippen LogP contribution in [0.15, 0.2) is 0 Å². The molecule has 0 bridgehead atoms. The lowest BCUT2D eigenvalue weighted by molar-refractivity contribution is -0.130. The van der Waals surface area contributed by atoms with Crippen molar-refractivity contribution < 1.29 is 14.3 Å². The van der Waals surface area contributed by atoms with Gasteiger partial charge in [0.2, 0.25) is 5.91 Å². The second-order valence-electron chi connectivity index (χ2n) is 7.07. The van der Waals surface area contributed by atoms with Gasteiger partial charge in [-0.25, -0.2) is 4.79 Å². The van der Waals surface area contributed by atoms with Crippen molar-refractivity contribution >= 4 is 12.0 Å². The smallest absolute Gasteiger partial charge is 0.410 e. The molecule has 2 aliphatic rings. The van der Waals surface area contributed by atoms with E-state index in [-0.39, 0.29) is 17.4 Å². The highest BCUT2D eigenvalue weighted by atomic mass is 16.6. The molecule has 0 saturated carbocycles. The molecule has 5 nitrogen and oxygen atoms in total. The number of amides is 2. The van der Waals surface area contributed by atoms with Crippen molar-refractivity contribution in [1.29, 1.82) is 0 Å². The SMILES string of the molecule is CCC(=O)N1CCC2(CCN(C(=O)OC(C)(C)C)C2)C1. The minimum atomic E-state index is -0.452. The Balaban J connectivity index is 1.93. The third kappa shape index (κ3) is 3.25. The Labute approximate surface area is 121 Å². The largest absolute Gasteiger partial charge is 0.444 e. The lowest BCUT2D eigenvalue weighted by atomic mass is 9.86. The summed E-state index contributed by atoms with van der Waals surface area (Å²) in [6.07, 6.45) is 2.30. The quantitative estimate of drug-likeness (QED) is 0.741. The predicted octanol–water partition coefficient (Wildman–Crippen LogP) is 2.26. The van der Waals surface area contributed by atoms with Gasteiger partial charge in [-0.2, -0.15) is 0 Å². The first-order valence-electron chi connectivity index (χ1n) is 7.50. The maximum absolute atomic E-state index is 12.1. The fourth-order valence-electron chi connectivity index (χ4n) is 3.12. The van der Waals surface area contributed by atoms with E-state index >= 15 is 0 Å². The van der Waals surface area contributed by atoms with Gasteiger partial charge < -0.3 is 14.5 Å². The van der Waals surface area contributed by atoms with Crippen molar-refractivity contribution in [2.45, 2.75) is 52.6 Å². The molecule has 0 N–H and O–H groups in total.